The van der Waals surface area contributed by atoms with Crippen LogP contribution in [0.15, 0.2) is 24.5 Å². The predicted octanol–water partition coefficient (Wildman–Crippen LogP) is 1.82. The summed E-state index contributed by atoms with van der Waals surface area (Å²) in [5.41, 5.74) is 0.912. The molecule has 0 aliphatic rings. The molecule has 0 amide bonds. The summed E-state index contributed by atoms with van der Waals surface area (Å²) in [4.78, 5) is 3.88. The summed E-state index contributed by atoms with van der Waals surface area (Å²) in [5, 5.41) is 2.71. The Balaban J connectivity index is 2.35. The van der Waals surface area contributed by atoms with E-state index in [9.17, 15) is 8.78 Å². The Morgan fingerprint density at radius 2 is 2.31 bits per heavy atom. The second kappa shape index (κ2) is 4.87. The highest BCUT2D eigenvalue weighted by Gasteiger charge is 2.12. The van der Waals surface area contributed by atoms with Gasteiger partial charge in [0.05, 0.1) is 6.04 Å². The minimum Gasteiger partial charge on any atom is -0.305 e. The number of halogens is 2. The Bertz CT molecular complexity index is 239. The summed E-state index contributed by atoms with van der Waals surface area (Å²) in [5.74, 6) is 0. The third-order valence-electron chi connectivity index (χ3n) is 1.73. The summed E-state index contributed by atoms with van der Waals surface area (Å²) < 4.78 is 24.1. The summed E-state index contributed by atoms with van der Waals surface area (Å²) in [6.07, 6.45) is 0.988. The zero-order valence-electron chi connectivity index (χ0n) is 7.37. The average Bonchev–Trinajstić information content (AvgIpc) is 2.15. The van der Waals surface area contributed by atoms with Gasteiger partial charge < -0.3 is 5.32 Å². The van der Waals surface area contributed by atoms with Crippen LogP contribution in [-0.2, 0) is 6.54 Å². The molecule has 1 atom stereocenters. The van der Waals surface area contributed by atoms with Crippen LogP contribution in [0.5, 0.6) is 0 Å². The van der Waals surface area contributed by atoms with Gasteiger partial charge in [0.1, 0.15) is 0 Å². The highest BCUT2D eigenvalue weighted by Crippen LogP contribution is 2.01. The number of nitrogens with one attached hydrogen (secondary N) is 1. The monoisotopic (exact) mass is 186 g/mol. The molecule has 0 spiro atoms. The Kier molecular flexibility index (Phi) is 3.76. The second-order valence-corrected chi connectivity index (χ2v) is 2.87. The van der Waals surface area contributed by atoms with Crippen LogP contribution in [0.1, 0.15) is 12.5 Å². The van der Waals surface area contributed by atoms with Gasteiger partial charge in [0, 0.05) is 18.9 Å². The van der Waals surface area contributed by atoms with Gasteiger partial charge in [-0.05, 0) is 18.6 Å². The van der Waals surface area contributed by atoms with E-state index in [4.69, 9.17) is 0 Å². The van der Waals surface area contributed by atoms with Crippen molar-refractivity contribution in [1.29, 1.82) is 0 Å². The van der Waals surface area contributed by atoms with Gasteiger partial charge in [-0.1, -0.05) is 6.07 Å². The molecule has 13 heavy (non-hydrogen) atoms. The molecule has 1 N–H and O–H groups in total. The first-order valence-electron chi connectivity index (χ1n) is 4.10. The summed E-state index contributed by atoms with van der Waals surface area (Å²) >= 11 is 0. The SMILES string of the molecule is CC(NCc1cccnc1)C(F)F. The van der Waals surface area contributed by atoms with E-state index in [0.717, 1.165) is 5.56 Å². The zero-order valence-corrected chi connectivity index (χ0v) is 7.37. The highest BCUT2D eigenvalue weighted by molar-refractivity contribution is 5.07. The van der Waals surface area contributed by atoms with Gasteiger partial charge in [0.2, 0.25) is 0 Å². The van der Waals surface area contributed by atoms with Crippen molar-refractivity contribution < 1.29 is 8.78 Å². The largest absolute Gasteiger partial charge is 0.305 e. The van der Waals surface area contributed by atoms with Crippen molar-refractivity contribution >= 4 is 0 Å². The fourth-order valence-corrected chi connectivity index (χ4v) is 0.871. The lowest BCUT2D eigenvalue weighted by Gasteiger charge is -2.11. The normalized spacial score (nSPS) is 13.2. The van der Waals surface area contributed by atoms with Crippen LogP contribution in [0.25, 0.3) is 0 Å². The van der Waals surface area contributed by atoms with Crippen molar-refractivity contribution in [3.05, 3.63) is 30.1 Å². The highest BCUT2D eigenvalue weighted by atomic mass is 19.3. The van der Waals surface area contributed by atoms with E-state index in [1.165, 1.54) is 6.92 Å². The zero-order chi connectivity index (χ0) is 9.68. The molecule has 1 rings (SSSR count). The third kappa shape index (κ3) is 3.46. The number of alkyl halides is 2. The number of nitrogens with zero attached hydrogens (tertiary/aromatic N) is 1. The van der Waals surface area contributed by atoms with Crippen LogP contribution < -0.4 is 5.32 Å². The van der Waals surface area contributed by atoms with Crippen molar-refractivity contribution in [2.24, 2.45) is 0 Å². The molecule has 0 radical (unpaired) electrons. The predicted molar refractivity (Wildman–Crippen MR) is 46.5 cm³/mol. The van der Waals surface area contributed by atoms with E-state index in [1.807, 2.05) is 6.07 Å². The lowest BCUT2D eigenvalue weighted by molar-refractivity contribution is 0.105. The van der Waals surface area contributed by atoms with E-state index < -0.39 is 12.5 Å². The fourth-order valence-electron chi connectivity index (χ4n) is 0.871. The first-order chi connectivity index (χ1) is 6.20. The molecular weight excluding hydrogens is 174 g/mol. The van der Waals surface area contributed by atoms with Gasteiger partial charge in [-0.15, -0.1) is 0 Å². The smallest absolute Gasteiger partial charge is 0.253 e. The summed E-state index contributed by atoms with van der Waals surface area (Å²) in [6, 6.07) is 2.85. The van der Waals surface area contributed by atoms with E-state index in [2.05, 4.69) is 10.3 Å². The van der Waals surface area contributed by atoms with Crippen LogP contribution >= 0.6 is 0 Å². The second-order valence-electron chi connectivity index (χ2n) is 2.87. The molecule has 1 unspecified atom stereocenters. The van der Waals surface area contributed by atoms with Crippen molar-refractivity contribution in [3.8, 4) is 0 Å². The first kappa shape index (κ1) is 10.1. The van der Waals surface area contributed by atoms with Gasteiger partial charge in [0.25, 0.3) is 6.43 Å². The maximum atomic E-state index is 12.1. The van der Waals surface area contributed by atoms with E-state index in [0.29, 0.717) is 6.54 Å². The molecule has 72 valence electrons. The van der Waals surface area contributed by atoms with Gasteiger partial charge in [-0.2, -0.15) is 0 Å². The Morgan fingerprint density at radius 1 is 1.54 bits per heavy atom. The number of aromatic nitrogens is 1. The summed E-state index contributed by atoms with van der Waals surface area (Å²) in [7, 11) is 0. The molecule has 0 saturated carbocycles. The standard InChI is InChI=1S/C9H12F2N2/c1-7(9(10)11)13-6-8-3-2-4-12-5-8/h2-5,7,9,13H,6H2,1H3. The number of hydrogen-bond donors (Lipinski definition) is 1. The number of hydrogen-bond acceptors (Lipinski definition) is 2. The van der Waals surface area contributed by atoms with Crippen molar-refractivity contribution in [2.45, 2.75) is 25.9 Å². The fraction of sp³-hybridized carbons (Fsp3) is 0.444. The van der Waals surface area contributed by atoms with Crippen molar-refractivity contribution in [3.63, 3.8) is 0 Å². The third-order valence-corrected chi connectivity index (χ3v) is 1.73. The van der Waals surface area contributed by atoms with E-state index in [1.54, 1.807) is 18.5 Å². The van der Waals surface area contributed by atoms with Crippen molar-refractivity contribution in [1.82, 2.24) is 10.3 Å². The van der Waals surface area contributed by atoms with E-state index >= 15 is 0 Å². The van der Waals surface area contributed by atoms with Crippen LogP contribution in [0.3, 0.4) is 0 Å². The molecule has 1 aromatic heterocycles. The van der Waals surface area contributed by atoms with Crippen LogP contribution in [0, 0.1) is 0 Å². The lowest BCUT2D eigenvalue weighted by Crippen LogP contribution is -2.31. The topological polar surface area (TPSA) is 24.9 Å². The number of pyridine rings is 1. The molecule has 0 aliphatic heterocycles. The molecule has 0 bridgehead atoms. The Morgan fingerprint density at radius 3 is 2.85 bits per heavy atom. The Labute approximate surface area is 76.0 Å². The van der Waals surface area contributed by atoms with E-state index in [-0.39, 0.29) is 0 Å². The molecule has 0 fully saturated rings. The molecule has 1 aromatic rings. The molecule has 2 nitrogen and oxygen atoms in total. The minimum atomic E-state index is -2.32. The van der Waals surface area contributed by atoms with Crippen LogP contribution in [0.2, 0.25) is 0 Å². The quantitative estimate of drug-likeness (QED) is 0.775. The maximum Gasteiger partial charge on any atom is 0.253 e. The minimum absolute atomic E-state index is 0.430. The molecule has 4 heteroatoms. The van der Waals surface area contributed by atoms with Gasteiger partial charge in [0.15, 0.2) is 0 Å². The van der Waals surface area contributed by atoms with Gasteiger partial charge in [-0.3, -0.25) is 4.98 Å². The first-order valence-corrected chi connectivity index (χ1v) is 4.10. The number of rotatable bonds is 4. The average molecular weight is 186 g/mol. The van der Waals surface area contributed by atoms with Crippen LogP contribution in [0.4, 0.5) is 8.78 Å². The summed E-state index contributed by atoms with van der Waals surface area (Å²) in [6.45, 7) is 1.89. The van der Waals surface area contributed by atoms with Crippen LogP contribution in [-0.4, -0.2) is 17.5 Å². The molecule has 0 aromatic carbocycles. The van der Waals surface area contributed by atoms with Gasteiger partial charge >= 0.3 is 0 Å². The molecular formula is C9H12F2N2. The maximum absolute atomic E-state index is 12.1. The van der Waals surface area contributed by atoms with Gasteiger partial charge in [-0.25, -0.2) is 8.78 Å². The molecule has 0 aliphatic carbocycles. The lowest BCUT2D eigenvalue weighted by atomic mass is 10.2. The molecule has 0 saturated heterocycles. The van der Waals surface area contributed by atoms with Crippen molar-refractivity contribution in [2.75, 3.05) is 0 Å². The Hall–Kier alpha value is -1.03. The molecule has 1 heterocycles.